The summed E-state index contributed by atoms with van der Waals surface area (Å²) < 4.78 is 7.14. The van der Waals surface area contributed by atoms with E-state index in [0.29, 0.717) is 11.7 Å². The number of aromatic nitrogens is 2. The minimum absolute atomic E-state index is 0. The molecule has 0 bridgehead atoms. The summed E-state index contributed by atoms with van der Waals surface area (Å²) in [5.74, 6) is 1.13. The Hall–Kier alpha value is -1.68. The summed E-state index contributed by atoms with van der Waals surface area (Å²) in [6, 6.07) is 3.80. The van der Waals surface area contributed by atoms with Crippen LogP contribution in [0.4, 0.5) is 5.82 Å². The van der Waals surface area contributed by atoms with Crippen LogP contribution in [-0.4, -0.2) is 34.8 Å². The molecule has 9 heteroatoms. The van der Waals surface area contributed by atoms with Gasteiger partial charge in [-0.2, -0.15) is 0 Å². The molecule has 0 fully saturated rings. The zero-order valence-electron chi connectivity index (χ0n) is 11.5. The number of anilines is 1. The second-order valence-corrected chi connectivity index (χ2v) is 5.78. The molecule has 0 amide bonds. The van der Waals surface area contributed by atoms with Crippen molar-refractivity contribution in [3.8, 4) is 17.0 Å². The van der Waals surface area contributed by atoms with Crippen molar-refractivity contribution in [3.05, 3.63) is 34.4 Å². The van der Waals surface area contributed by atoms with Gasteiger partial charge in [0.05, 0.1) is 7.11 Å². The van der Waals surface area contributed by atoms with Gasteiger partial charge >= 0.3 is 7.69 Å². The van der Waals surface area contributed by atoms with Crippen LogP contribution in [-0.2, 0) is 0 Å². The van der Waals surface area contributed by atoms with E-state index in [4.69, 9.17) is 20.5 Å². The summed E-state index contributed by atoms with van der Waals surface area (Å²) >= 11 is 5.14. The zero-order chi connectivity index (χ0) is 16.1. The van der Waals surface area contributed by atoms with Crippen molar-refractivity contribution >= 4 is 50.9 Å². The molecular weight excluding hydrogens is 369 g/mol. The second kappa shape index (κ2) is 7.55. The van der Waals surface area contributed by atoms with E-state index in [1.54, 1.807) is 30.8 Å². The van der Waals surface area contributed by atoms with Crippen LogP contribution in [0, 0.1) is 0 Å². The van der Waals surface area contributed by atoms with Gasteiger partial charge in [0.15, 0.2) is 0 Å². The average Bonchev–Trinajstić information content (AvgIpc) is 2.92. The number of methoxy groups -OCH3 is 1. The molecule has 0 spiro atoms. The number of ether oxygens (including phenoxy) is 1. The smallest absolute Gasteiger partial charge is 0.481 e. The summed E-state index contributed by atoms with van der Waals surface area (Å²) in [7, 11) is 1.60. The maximum atomic E-state index is 7.00. The first kappa shape index (κ1) is 16.7. The lowest BCUT2D eigenvalue weighted by molar-refractivity contribution is 0.398. The zero-order valence-corrected chi connectivity index (χ0v) is 13.9. The first-order chi connectivity index (χ1) is 10.6. The number of pyridine rings is 2. The predicted molar refractivity (Wildman–Crippen MR) is 91.7 cm³/mol. The average molecular weight is 381 g/mol. The molecule has 0 aliphatic rings. The summed E-state index contributed by atoms with van der Waals surface area (Å²) in [6.07, 6.45) is 3.56. The Kier molecular flexibility index (Phi) is 5.73. The highest BCUT2D eigenvalue weighted by Gasteiger charge is 2.12. The van der Waals surface area contributed by atoms with Crippen molar-refractivity contribution < 1.29 is 14.8 Å². The van der Waals surface area contributed by atoms with Gasteiger partial charge < -0.3 is 20.5 Å². The highest BCUT2D eigenvalue weighted by Crippen LogP contribution is 2.39. The van der Waals surface area contributed by atoms with E-state index in [-0.39, 0.29) is 7.69 Å². The van der Waals surface area contributed by atoms with E-state index in [9.17, 15) is 0 Å². The van der Waals surface area contributed by atoms with Crippen LogP contribution in [0.5, 0.6) is 5.88 Å². The summed E-state index contributed by atoms with van der Waals surface area (Å²) in [5.41, 5.74) is 7.94. The topological polar surface area (TPSA) is 101 Å². The Labute approximate surface area is 140 Å². The lowest BCUT2D eigenvalue weighted by Crippen LogP contribution is -1.92. The van der Waals surface area contributed by atoms with Gasteiger partial charge in [0.2, 0.25) is 5.88 Å². The molecule has 22 heavy (non-hydrogen) atoms. The molecule has 4 N–H and O–H groups in total. The third-order valence-corrected chi connectivity index (χ3v) is 4.78. The number of hydrogen-bond acceptors (Lipinski definition) is 7. The lowest BCUT2D eigenvalue weighted by Gasteiger charge is -2.05. The van der Waals surface area contributed by atoms with E-state index in [1.807, 2.05) is 17.5 Å². The molecule has 0 aliphatic heterocycles. The van der Waals surface area contributed by atoms with Gasteiger partial charge in [-0.1, -0.05) is 0 Å². The molecule has 6 nitrogen and oxygen atoms in total. The number of halogens is 1. The summed E-state index contributed by atoms with van der Waals surface area (Å²) in [5, 5.41) is 17.0. The van der Waals surface area contributed by atoms with Crippen molar-refractivity contribution in [2.24, 2.45) is 0 Å². The number of thiophene rings is 1. The Balaban J connectivity index is 0.000000545. The van der Waals surface area contributed by atoms with Gasteiger partial charge in [0.25, 0.3) is 0 Å². The predicted octanol–water partition coefficient (Wildman–Crippen LogP) is 2.22. The quantitative estimate of drug-likeness (QED) is 0.589. The van der Waals surface area contributed by atoms with E-state index < -0.39 is 0 Å². The van der Waals surface area contributed by atoms with Crippen LogP contribution in [0.3, 0.4) is 0 Å². The van der Waals surface area contributed by atoms with Crippen LogP contribution in [0.1, 0.15) is 0 Å². The molecule has 3 aromatic heterocycles. The summed E-state index contributed by atoms with van der Waals surface area (Å²) in [6.45, 7) is 0. The van der Waals surface area contributed by atoms with Crippen molar-refractivity contribution in [2.75, 3.05) is 12.8 Å². The van der Waals surface area contributed by atoms with Crippen LogP contribution in [0.25, 0.3) is 21.2 Å². The molecule has 1 radical (unpaired) electrons. The van der Waals surface area contributed by atoms with Gasteiger partial charge in [-0.3, -0.25) is 0 Å². The number of hydrogen-bond donors (Lipinski definition) is 3. The first-order valence-corrected chi connectivity index (χ1v) is 7.71. The largest absolute Gasteiger partial charge is 0.482 e. The fourth-order valence-corrected chi connectivity index (χ4v) is 3.68. The molecule has 3 heterocycles. The minimum atomic E-state index is 0. The molecule has 3 aromatic rings. The fourth-order valence-electron chi connectivity index (χ4n) is 1.90. The monoisotopic (exact) mass is 380 g/mol. The molecule has 113 valence electrons. The molecule has 3 rings (SSSR count). The van der Waals surface area contributed by atoms with Crippen LogP contribution < -0.4 is 10.5 Å². The fraction of sp³-hybridized carbons (Fsp3) is 0.0769. The van der Waals surface area contributed by atoms with Crippen molar-refractivity contribution in [2.45, 2.75) is 0 Å². The number of nitrogens with zero attached hydrogens (tertiary/aromatic N) is 2. The van der Waals surface area contributed by atoms with Gasteiger partial charge in [-0.25, -0.2) is 9.97 Å². The molecule has 0 atom stereocenters. The van der Waals surface area contributed by atoms with Gasteiger partial charge in [-0.15, -0.1) is 11.3 Å². The number of rotatable bonds is 2. The Morgan fingerprint density at radius 3 is 2.59 bits per heavy atom. The number of nitrogen functional groups attached to an aromatic ring is 1. The van der Waals surface area contributed by atoms with Crippen LogP contribution in [0.2, 0.25) is 0 Å². The third kappa shape index (κ3) is 3.38. The van der Waals surface area contributed by atoms with Crippen molar-refractivity contribution in [3.63, 3.8) is 0 Å². The highest BCUT2D eigenvalue weighted by molar-refractivity contribution is 9.10. The van der Waals surface area contributed by atoms with Gasteiger partial charge in [-0.05, 0) is 22.0 Å². The maximum Gasteiger partial charge on any atom is 0.482 e. The van der Waals surface area contributed by atoms with Crippen molar-refractivity contribution in [1.82, 2.24) is 9.97 Å². The van der Waals surface area contributed by atoms with Gasteiger partial charge in [0.1, 0.15) is 5.82 Å². The van der Waals surface area contributed by atoms with E-state index in [2.05, 4.69) is 25.9 Å². The highest BCUT2D eigenvalue weighted by atomic mass is 79.9. The molecule has 0 saturated heterocycles. The Morgan fingerprint density at radius 2 is 2.00 bits per heavy atom. The molecule has 0 aliphatic carbocycles. The number of nitrogens with two attached hydrogens (primary N) is 1. The maximum absolute atomic E-state index is 7.00. The van der Waals surface area contributed by atoms with Crippen molar-refractivity contribution in [1.29, 1.82) is 0 Å². The van der Waals surface area contributed by atoms with Crippen LogP contribution in [0.15, 0.2) is 34.4 Å². The van der Waals surface area contributed by atoms with Gasteiger partial charge in [0, 0.05) is 49.5 Å². The molecule has 0 unspecified atom stereocenters. The standard InChI is InChI=1S/C13H10BrN3OS.BH2O2/c1-18-10-3-2-7(4-16-10)8-5-17-13(15)11-9(14)6-19-12(8)11;2-1-3/h2-6H,1H3,(H2,15,17);2-3H. The van der Waals surface area contributed by atoms with E-state index in [0.717, 1.165) is 25.7 Å². The SMILES string of the molecule is COc1ccc(-c2cnc(N)c3c(Br)csc23)cn1.O[B]O. The second-order valence-electron chi connectivity index (χ2n) is 4.05. The van der Waals surface area contributed by atoms with E-state index >= 15 is 0 Å². The minimum Gasteiger partial charge on any atom is -0.481 e. The Morgan fingerprint density at radius 1 is 1.27 bits per heavy atom. The lowest BCUT2D eigenvalue weighted by atomic mass is 10.1. The summed E-state index contributed by atoms with van der Waals surface area (Å²) in [4.78, 5) is 8.48. The third-order valence-electron chi connectivity index (χ3n) is 2.84. The number of fused-ring (bicyclic) bond motifs is 1. The normalized spacial score (nSPS) is 10.0. The van der Waals surface area contributed by atoms with Crippen LogP contribution >= 0.6 is 27.3 Å². The molecular formula is C13H12BBrN3O3S. The Bertz CT molecular complexity index is 767. The first-order valence-electron chi connectivity index (χ1n) is 6.04. The molecule has 0 saturated carbocycles. The molecule has 0 aromatic carbocycles. The van der Waals surface area contributed by atoms with E-state index in [1.165, 1.54) is 0 Å².